The maximum absolute atomic E-state index is 12.2. The van der Waals surface area contributed by atoms with Crippen molar-refractivity contribution in [1.29, 1.82) is 0 Å². The van der Waals surface area contributed by atoms with Gasteiger partial charge in [-0.2, -0.15) is 0 Å². The van der Waals surface area contributed by atoms with E-state index in [0.29, 0.717) is 12.2 Å². The molecule has 1 unspecified atom stereocenters. The fraction of sp³-hybridized carbons (Fsp3) is 0.350. The Morgan fingerprint density at radius 3 is 2.76 bits per heavy atom. The van der Waals surface area contributed by atoms with E-state index in [4.69, 9.17) is 4.74 Å². The van der Waals surface area contributed by atoms with Crippen molar-refractivity contribution in [3.8, 4) is 5.75 Å². The molecule has 0 saturated heterocycles. The third-order valence-corrected chi connectivity index (χ3v) is 4.50. The molecule has 0 radical (unpaired) electrons. The first-order valence-electron chi connectivity index (χ1n) is 8.61. The van der Waals surface area contributed by atoms with Crippen LogP contribution in [-0.4, -0.2) is 37.8 Å². The Morgan fingerprint density at radius 2 is 2.04 bits per heavy atom. The number of rotatable bonds is 6. The van der Waals surface area contributed by atoms with Crippen molar-refractivity contribution in [2.24, 2.45) is 0 Å². The molecule has 0 saturated carbocycles. The van der Waals surface area contributed by atoms with E-state index in [9.17, 15) is 9.90 Å². The Bertz CT molecular complexity index is 743. The molecule has 3 rings (SSSR count). The van der Waals surface area contributed by atoms with Gasteiger partial charge in [0, 0.05) is 31.4 Å². The van der Waals surface area contributed by atoms with E-state index < -0.39 is 6.10 Å². The highest BCUT2D eigenvalue weighted by atomic mass is 16.5. The molecule has 1 heterocycles. The number of nitrogens with zero attached hydrogens (tertiary/aromatic N) is 1. The first kappa shape index (κ1) is 17.3. The molecule has 1 amide bonds. The number of carbonyl (C=O) groups is 1. The fourth-order valence-electron chi connectivity index (χ4n) is 3.07. The molecule has 2 aromatic rings. The molecule has 0 fully saturated rings. The number of aliphatic hydroxyl groups excluding tert-OH is 1. The minimum atomic E-state index is -0.720. The standard InChI is InChI=1S/C20H24N2O3/c1-3-25-17-7-4-14(5-8-17)20(24)21-13-19(23)16-6-9-18-15(12-16)10-11-22(18)2/h4-9,12,19,23H,3,10-11,13H2,1-2H3,(H,21,24). The van der Waals surface area contributed by atoms with Crippen molar-refractivity contribution in [2.45, 2.75) is 19.4 Å². The zero-order valence-electron chi connectivity index (χ0n) is 14.7. The number of fused-ring (bicyclic) bond motifs is 1. The second-order valence-electron chi connectivity index (χ2n) is 6.24. The summed E-state index contributed by atoms with van der Waals surface area (Å²) < 4.78 is 5.37. The number of benzene rings is 2. The normalized spacial score (nSPS) is 14.1. The monoisotopic (exact) mass is 340 g/mol. The van der Waals surface area contributed by atoms with Crippen molar-refractivity contribution in [1.82, 2.24) is 5.32 Å². The van der Waals surface area contributed by atoms with Crippen molar-refractivity contribution in [3.05, 3.63) is 59.2 Å². The third-order valence-electron chi connectivity index (χ3n) is 4.50. The van der Waals surface area contributed by atoms with Crippen LogP contribution >= 0.6 is 0 Å². The van der Waals surface area contributed by atoms with E-state index >= 15 is 0 Å². The van der Waals surface area contributed by atoms with Crippen LogP contribution < -0.4 is 15.0 Å². The Hall–Kier alpha value is -2.53. The number of hydrogen-bond acceptors (Lipinski definition) is 4. The van der Waals surface area contributed by atoms with E-state index in [0.717, 1.165) is 24.3 Å². The second kappa shape index (κ2) is 7.57. The molecule has 132 valence electrons. The maximum atomic E-state index is 12.2. The van der Waals surface area contributed by atoms with Gasteiger partial charge in [-0.15, -0.1) is 0 Å². The molecule has 2 aromatic carbocycles. The average molecular weight is 340 g/mol. The predicted molar refractivity (Wildman–Crippen MR) is 98.3 cm³/mol. The topological polar surface area (TPSA) is 61.8 Å². The SMILES string of the molecule is CCOc1ccc(C(=O)NCC(O)c2ccc3c(c2)CCN3C)cc1. The van der Waals surface area contributed by atoms with Crippen LogP contribution in [-0.2, 0) is 6.42 Å². The summed E-state index contributed by atoms with van der Waals surface area (Å²) in [5.74, 6) is 0.533. The summed E-state index contributed by atoms with van der Waals surface area (Å²) in [6, 6.07) is 13.0. The summed E-state index contributed by atoms with van der Waals surface area (Å²) in [7, 11) is 2.07. The van der Waals surface area contributed by atoms with Crippen molar-refractivity contribution >= 4 is 11.6 Å². The van der Waals surface area contributed by atoms with Gasteiger partial charge >= 0.3 is 0 Å². The number of nitrogens with one attached hydrogen (secondary N) is 1. The number of anilines is 1. The summed E-state index contributed by atoms with van der Waals surface area (Å²) in [4.78, 5) is 14.4. The summed E-state index contributed by atoms with van der Waals surface area (Å²) in [6.45, 7) is 3.69. The summed E-state index contributed by atoms with van der Waals surface area (Å²) in [5, 5.41) is 13.2. The molecule has 1 aliphatic heterocycles. The van der Waals surface area contributed by atoms with Crippen LogP contribution in [0.25, 0.3) is 0 Å². The minimum absolute atomic E-state index is 0.181. The summed E-state index contributed by atoms with van der Waals surface area (Å²) >= 11 is 0. The lowest BCUT2D eigenvalue weighted by atomic mass is 10.0. The zero-order chi connectivity index (χ0) is 17.8. The van der Waals surface area contributed by atoms with E-state index in [1.165, 1.54) is 11.3 Å². The average Bonchev–Trinajstić information content (AvgIpc) is 3.01. The van der Waals surface area contributed by atoms with Gasteiger partial charge in [0.05, 0.1) is 12.7 Å². The molecule has 1 atom stereocenters. The number of carbonyl (C=O) groups excluding carboxylic acids is 1. The number of aliphatic hydroxyl groups is 1. The maximum Gasteiger partial charge on any atom is 0.251 e. The molecule has 0 aliphatic carbocycles. The van der Waals surface area contributed by atoms with E-state index in [1.54, 1.807) is 24.3 Å². The highest BCUT2D eigenvalue weighted by Gasteiger charge is 2.18. The zero-order valence-corrected chi connectivity index (χ0v) is 14.7. The Morgan fingerprint density at radius 1 is 1.28 bits per heavy atom. The molecule has 0 bridgehead atoms. The summed E-state index contributed by atoms with van der Waals surface area (Å²) in [6.07, 6.45) is 0.271. The number of amides is 1. The molecule has 5 nitrogen and oxygen atoms in total. The van der Waals surface area contributed by atoms with E-state index in [1.807, 2.05) is 25.1 Å². The lowest BCUT2D eigenvalue weighted by Gasteiger charge is -2.15. The summed E-state index contributed by atoms with van der Waals surface area (Å²) in [5.41, 5.74) is 3.85. The number of ether oxygens (including phenoxy) is 1. The van der Waals surface area contributed by atoms with Gasteiger partial charge in [-0.3, -0.25) is 4.79 Å². The molecular weight excluding hydrogens is 316 g/mol. The first-order chi connectivity index (χ1) is 12.1. The van der Waals surface area contributed by atoms with Crippen molar-refractivity contribution < 1.29 is 14.6 Å². The van der Waals surface area contributed by atoms with Gasteiger partial charge < -0.3 is 20.1 Å². The van der Waals surface area contributed by atoms with Gasteiger partial charge in [0.1, 0.15) is 5.75 Å². The largest absolute Gasteiger partial charge is 0.494 e. The molecule has 5 heteroatoms. The molecule has 1 aliphatic rings. The minimum Gasteiger partial charge on any atom is -0.494 e. The number of likely N-dealkylation sites (N-methyl/N-ethyl adjacent to an activating group) is 1. The highest BCUT2D eigenvalue weighted by Crippen LogP contribution is 2.29. The van der Waals surface area contributed by atoms with Crippen LogP contribution in [0.3, 0.4) is 0 Å². The molecular formula is C20H24N2O3. The molecule has 0 spiro atoms. The van der Waals surface area contributed by atoms with Gasteiger partial charge in [-0.25, -0.2) is 0 Å². The Balaban J connectivity index is 1.58. The van der Waals surface area contributed by atoms with Gasteiger partial charge in [0.15, 0.2) is 0 Å². The molecule has 0 aromatic heterocycles. The van der Waals surface area contributed by atoms with Crippen molar-refractivity contribution in [3.63, 3.8) is 0 Å². The van der Waals surface area contributed by atoms with Crippen LogP contribution in [0.15, 0.2) is 42.5 Å². The number of hydrogen-bond donors (Lipinski definition) is 2. The fourth-order valence-corrected chi connectivity index (χ4v) is 3.07. The smallest absolute Gasteiger partial charge is 0.251 e. The first-order valence-corrected chi connectivity index (χ1v) is 8.61. The van der Waals surface area contributed by atoms with Gasteiger partial charge in [-0.1, -0.05) is 12.1 Å². The second-order valence-corrected chi connectivity index (χ2v) is 6.24. The quantitative estimate of drug-likeness (QED) is 0.848. The molecule has 25 heavy (non-hydrogen) atoms. The predicted octanol–water partition coefficient (Wildman–Crippen LogP) is 2.54. The van der Waals surface area contributed by atoms with Gasteiger partial charge in [-0.05, 0) is 54.8 Å². The Kier molecular flexibility index (Phi) is 5.24. The van der Waals surface area contributed by atoms with Crippen LogP contribution in [0.4, 0.5) is 5.69 Å². The Labute approximate surface area is 148 Å². The van der Waals surface area contributed by atoms with Crippen LogP contribution in [0.2, 0.25) is 0 Å². The van der Waals surface area contributed by atoms with Crippen LogP contribution in [0.5, 0.6) is 5.75 Å². The highest BCUT2D eigenvalue weighted by molar-refractivity contribution is 5.94. The van der Waals surface area contributed by atoms with Gasteiger partial charge in [0.2, 0.25) is 0 Å². The van der Waals surface area contributed by atoms with Crippen molar-refractivity contribution in [2.75, 3.05) is 31.6 Å². The lowest BCUT2D eigenvalue weighted by molar-refractivity contribution is 0.0916. The molecule has 2 N–H and O–H groups in total. The lowest BCUT2D eigenvalue weighted by Crippen LogP contribution is -2.28. The van der Waals surface area contributed by atoms with Crippen LogP contribution in [0, 0.1) is 0 Å². The third kappa shape index (κ3) is 3.94. The van der Waals surface area contributed by atoms with Crippen LogP contribution in [0.1, 0.15) is 34.5 Å². The van der Waals surface area contributed by atoms with E-state index in [2.05, 4.69) is 17.3 Å². The van der Waals surface area contributed by atoms with Gasteiger partial charge in [0.25, 0.3) is 5.91 Å². The van der Waals surface area contributed by atoms with E-state index in [-0.39, 0.29) is 12.5 Å².